The summed E-state index contributed by atoms with van der Waals surface area (Å²) in [4.78, 5) is 4.26. The molecular weight excluding hydrogens is 224 g/mol. The Kier molecular flexibility index (Phi) is 2.33. The normalized spacial score (nSPS) is 11.0. The molecule has 0 aliphatic carbocycles. The molecule has 0 unspecified atom stereocenters. The Morgan fingerprint density at radius 1 is 1.11 bits per heavy atom. The molecule has 2 aromatic heterocycles. The van der Waals surface area contributed by atoms with Crippen molar-refractivity contribution in [1.82, 2.24) is 4.98 Å². The number of rotatable bonds is 1. The van der Waals surface area contributed by atoms with Gasteiger partial charge in [0.15, 0.2) is 0 Å². The summed E-state index contributed by atoms with van der Waals surface area (Å²) in [6.07, 6.45) is 3.37. The Labute approximate surface area is 105 Å². The van der Waals surface area contributed by atoms with Gasteiger partial charge in [-0.2, -0.15) is 0 Å². The first kappa shape index (κ1) is 10.8. The largest absolute Gasteiger partial charge is 0.444 e. The van der Waals surface area contributed by atoms with E-state index < -0.39 is 0 Å². The predicted octanol–water partition coefficient (Wildman–Crippen LogP) is 3.69. The number of nitrogens with two attached hydrogens (primary N) is 1. The van der Waals surface area contributed by atoms with Gasteiger partial charge in [0.25, 0.3) is 0 Å². The molecule has 3 heteroatoms. The SMILES string of the molecule is Cc1ccc(-c2c(C)cnc3occ(N)c23)cc1. The van der Waals surface area contributed by atoms with Crippen molar-refractivity contribution in [2.45, 2.75) is 13.8 Å². The van der Waals surface area contributed by atoms with E-state index in [0.717, 1.165) is 22.1 Å². The van der Waals surface area contributed by atoms with Crippen LogP contribution in [0.15, 0.2) is 41.1 Å². The molecule has 90 valence electrons. The topological polar surface area (TPSA) is 52.0 Å². The van der Waals surface area contributed by atoms with Gasteiger partial charge in [0.1, 0.15) is 6.26 Å². The molecule has 0 spiro atoms. The van der Waals surface area contributed by atoms with Gasteiger partial charge in [-0.15, -0.1) is 0 Å². The van der Waals surface area contributed by atoms with Crippen LogP contribution in [0.25, 0.3) is 22.2 Å². The molecule has 0 amide bonds. The summed E-state index contributed by atoms with van der Waals surface area (Å²) in [5.41, 5.74) is 11.8. The molecule has 3 rings (SSSR count). The van der Waals surface area contributed by atoms with Gasteiger partial charge in [-0.3, -0.25) is 0 Å². The molecule has 3 aromatic rings. The summed E-state index contributed by atoms with van der Waals surface area (Å²) in [5.74, 6) is 0. The number of pyridine rings is 1. The summed E-state index contributed by atoms with van der Waals surface area (Å²) in [6.45, 7) is 4.11. The molecule has 1 aromatic carbocycles. The first-order chi connectivity index (χ1) is 8.66. The smallest absolute Gasteiger partial charge is 0.228 e. The van der Waals surface area contributed by atoms with Crippen molar-refractivity contribution in [3.05, 3.63) is 47.9 Å². The number of nitrogen functional groups attached to an aromatic ring is 1. The molecule has 0 atom stereocenters. The summed E-state index contributed by atoms with van der Waals surface area (Å²) >= 11 is 0. The molecule has 0 radical (unpaired) electrons. The number of hydrogen-bond acceptors (Lipinski definition) is 3. The predicted molar refractivity (Wildman–Crippen MR) is 73.3 cm³/mol. The van der Waals surface area contributed by atoms with E-state index in [1.54, 1.807) is 6.26 Å². The van der Waals surface area contributed by atoms with Crippen molar-refractivity contribution < 1.29 is 4.42 Å². The maximum atomic E-state index is 5.98. The third kappa shape index (κ3) is 1.56. The second-order valence-corrected chi connectivity index (χ2v) is 4.55. The van der Waals surface area contributed by atoms with Crippen LogP contribution in [0, 0.1) is 13.8 Å². The van der Waals surface area contributed by atoms with Crippen LogP contribution in [0.2, 0.25) is 0 Å². The number of aryl methyl sites for hydroxylation is 2. The van der Waals surface area contributed by atoms with E-state index in [4.69, 9.17) is 10.2 Å². The second kappa shape index (κ2) is 3.88. The average molecular weight is 238 g/mol. The molecule has 0 fully saturated rings. The number of benzene rings is 1. The van der Waals surface area contributed by atoms with Gasteiger partial charge < -0.3 is 10.2 Å². The number of nitrogens with zero attached hydrogens (tertiary/aromatic N) is 1. The van der Waals surface area contributed by atoms with Crippen molar-refractivity contribution in [2.75, 3.05) is 5.73 Å². The maximum Gasteiger partial charge on any atom is 0.228 e. The highest BCUT2D eigenvalue weighted by atomic mass is 16.3. The van der Waals surface area contributed by atoms with Gasteiger partial charge in [-0.05, 0) is 25.0 Å². The van der Waals surface area contributed by atoms with Crippen LogP contribution < -0.4 is 5.73 Å². The molecule has 0 aliphatic heterocycles. The Hall–Kier alpha value is -2.29. The first-order valence-corrected chi connectivity index (χ1v) is 5.86. The van der Waals surface area contributed by atoms with Gasteiger partial charge in [-0.1, -0.05) is 29.8 Å². The Morgan fingerprint density at radius 2 is 1.83 bits per heavy atom. The van der Waals surface area contributed by atoms with E-state index in [1.165, 1.54) is 5.56 Å². The van der Waals surface area contributed by atoms with Crippen LogP contribution in [0.1, 0.15) is 11.1 Å². The van der Waals surface area contributed by atoms with Crippen LogP contribution in [0.4, 0.5) is 5.69 Å². The zero-order valence-corrected chi connectivity index (χ0v) is 10.4. The standard InChI is InChI=1S/C15H14N2O/c1-9-3-5-11(6-4-9)13-10(2)7-17-15-14(13)12(16)8-18-15/h3-8H,16H2,1-2H3. The molecule has 3 nitrogen and oxygen atoms in total. The fourth-order valence-electron chi connectivity index (χ4n) is 2.22. The molecular formula is C15H14N2O. The third-order valence-electron chi connectivity index (χ3n) is 3.16. The third-order valence-corrected chi connectivity index (χ3v) is 3.16. The van der Waals surface area contributed by atoms with E-state index >= 15 is 0 Å². The Balaban J connectivity index is 2.36. The van der Waals surface area contributed by atoms with Crippen molar-refractivity contribution in [3.63, 3.8) is 0 Å². The number of aromatic nitrogens is 1. The summed E-state index contributed by atoms with van der Waals surface area (Å²) < 4.78 is 5.35. The minimum absolute atomic E-state index is 0.591. The fourth-order valence-corrected chi connectivity index (χ4v) is 2.22. The van der Waals surface area contributed by atoms with Crippen LogP contribution in [0.3, 0.4) is 0 Å². The van der Waals surface area contributed by atoms with Crippen molar-refractivity contribution in [1.29, 1.82) is 0 Å². The maximum absolute atomic E-state index is 5.98. The minimum Gasteiger partial charge on any atom is -0.444 e. The monoisotopic (exact) mass is 238 g/mol. The van der Waals surface area contributed by atoms with Crippen LogP contribution in [-0.2, 0) is 0 Å². The highest BCUT2D eigenvalue weighted by Crippen LogP contribution is 2.35. The highest BCUT2D eigenvalue weighted by Gasteiger charge is 2.13. The zero-order chi connectivity index (χ0) is 12.7. The average Bonchev–Trinajstić information content (AvgIpc) is 2.73. The van der Waals surface area contributed by atoms with Gasteiger partial charge in [-0.25, -0.2) is 4.98 Å². The van der Waals surface area contributed by atoms with Crippen molar-refractivity contribution in [3.8, 4) is 11.1 Å². The molecule has 0 aliphatic rings. The lowest BCUT2D eigenvalue weighted by atomic mass is 9.98. The van der Waals surface area contributed by atoms with E-state index in [9.17, 15) is 0 Å². The van der Waals surface area contributed by atoms with E-state index in [2.05, 4.69) is 36.2 Å². The number of hydrogen-bond donors (Lipinski definition) is 1. The number of anilines is 1. The van der Waals surface area contributed by atoms with Crippen molar-refractivity contribution >= 4 is 16.8 Å². The van der Waals surface area contributed by atoms with Gasteiger partial charge in [0.05, 0.1) is 11.1 Å². The lowest BCUT2D eigenvalue weighted by Gasteiger charge is -2.08. The van der Waals surface area contributed by atoms with E-state index in [1.807, 2.05) is 13.1 Å². The summed E-state index contributed by atoms with van der Waals surface area (Å²) in [7, 11) is 0. The van der Waals surface area contributed by atoms with Crippen molar-refractivity contribution in [2.24, 2.45) is 0 Å². The fraction of sp³-hybridized carbons (Fsp3) is 0.133. The van der Waals surface area contributed by atoms with E-state index in [-0.39, 0.29) is 0 Å². The van der Waals surface area contributed by atoms with E-state index in [0.29, 0.717) is 11.4 Å². The Morgan fingerprint density at radius 3 is 2.56 bits per heavy atom. The van der Waals surface area contributed by atoms with Gasteiger partial charge in [0.2, 0.25) is 5.71 Å². The molecule has 18 heavy (non-hydrogen) atoms. The first-order valence-electron chi connectivity index (χ1n) is 5.86. The number of furan rings is 1. The minimum atomic E-state index is 0.591. The van der Waals surface area contributed by atoms with Crippen LogP contribution in [0.5, 0.6) is 0 Å². The highest BCUT2D eigenvalue weighted by molar-refractivity contribution is 6.01. The zero-order valence-electron chi connectivity index (χ0n) is 10.4. The second-order valence-electron chi connectivity index (χ2n) is 4.55. The molecule has 0 saturated heterocycles. The lowest BCUT2D eigenvalue weighted by molar-refractivity contribution is 0.604. The van der Waals surface area contributed by atoms with Gasteiger partial charge >= 0.3 is 0 Å². The lowest BCUT2D eigenvalue weighted by Crippen LogP contribution is -1.90. The molecule has 2 N–H and O–H groups in total. The molecule has 0 saturated carbocycles. The summed E-state index contributed by atoms with van der Waals surface area (Å²) in [5, 5.41) is 0.902. The van der Waals surface area contributed by atoms with Gasteiger partial charge in [0, 0.05) is 11.8 Å². The Bertz CT molecular complexity index is 711. The molecule has 0 bridgehead atoms. The molecule has 2 heterocycles. The number of fused-ring (bicyclic) bond motifs is 1. The quantitative estimate of drug-likeness (QED) is 0.703. The van der Waals surface area contributed by atoms with Crippen LogP contribution >= 0.6 is 0 Å². The summed E-state index contributed by atoms with van der Waals surface area (Å²) in [6, 6.07) is 8.39. The van der Waals surface area contributed by atoms with Crippen LogP contribution in [-0.4, -0.2) is 4.98 Å².